The Bertz CT molecular complexity index is 4420. The lowest BCUT2D eigenvalue weighted by Crippen LogP contribution is -2.63. The van der Waals surface area contributed by atoms with Crippen LogP contribution >= 0.6 is 71.7 Å². The molecule has 0 spiro atoms. The van der Waals surface area contributed by atoms with Gasteiger partial charge in [0.1, 0.15) is 110 Å². The molecule has 10 N–H and O–H groups in total. The number of halogens is 9. The van der Waals surface area contributed by atoms with Gasteiger partial charge in [0.2, 0.25) is 64.4 Å². The van der Waals surface area contributed by atoms with E-state index in [-0.39, 0.29) is 99.5 Å². The molecule has 2 aromatic rings. The minimum atomic E-state index is -4.85. The molecule has 0 aromatic heterocycles. The summed E-state index contributed by atoms with van der Waals surface area (Å²) in [6, 6.07) is 7.40. The molecule has 6 rings (SSSR count). The van der Waals surface area contributed by atoms with Crippen molar-refractivity contribution in [1.82, 2.24) is 26.6 Å². The normalized spacial score (nSPS) is 24.2. The second kappa shape index (κ2) is 70.2. The van der Waals surface area contributed by atoms with Gasteiger partial charge in [0, 0.05) is 128 Å². The predicted octanol–water partition coefficient (Wildman–Crippen LogP) is 10.3. The molecule has 0 saturated carbocycles. The number of aliphatic carboxylic acids is 1. The zero-order chi connectivity index (χ0) is 109. The number of alkyl halides is 3. The van der Waals surface area contributed by atoms with Gasteiger partial charge in [-0.05, 0) is 79.9 Å². The van der Waals surface area contributed by atoms with Crippen LogP contribution in [0.25, 0.3) is 0 Å². The standard InChI is InChI=1S/C26H37NO8S.C25H30F5NO8S.C19H31NO8S.C16H31N2O10PS.C2H2F4OP2/c1-17-24(27-18(2)28)26(35-22(16-32-19(3)29)25(17)34-20(4)30)36-14-10-6-9-13-23(31)33-15-21-11-7-5-8-12-21;1-11-22(31-12(2)32)25(38-15(10-36-13(3)33)23(11)37-14(4)34)40-9-7-5-6-8-16(35)39-24-20(29)18(27)17(26)19(28)21(24)30;1-11-17(20-12(2)21)19(29-9-7-5-6-8-16(24)25)28-15(10-26-13(3)22)18(11)27-14(4)23;1-10(20)18-13-15(23)14(22)11(8-19)28-16(13)30-7-5-3-4-6-12(21)17-9-27-29(24,25)26-2;3-2(4,5)1(7)8-9-6/h5,7-8,11-12,17,22,24-26H,6,9-10,13-16H2,1-4H3,(H,27,28);11,15,22-23,25H,5-10H2,1-4H3,(H,31,32);11,15,17-19H,5-10H2,1-4H3,(H,20,21)(H,24,25);11,13-16,19,22-23H,3-9H2,1-2H3,(H,17,21)(H,18,20)(H,24,25);8-9H. The maximum atomic E-state index is 13.7. The van der Waals surface area contributed by atoms with Gasteiger partial charge < -0.3 is 109 Å². The average molecular weight is 2210 g/mol. The summed E-state index contributed by atoms with van der Waals surface area (Å²) < 4.78 is 196. The number of aliphatic hydroxyl groups is 3. The van der Waals surface area contributed by atoms with Crippen LogP contribution in [0.1, 0.15) is 198 Å². The van der Waals surface area contributed by atoms with Crippen LogP contribution in [0.4, 0.5) is 39.3 Å². The monoisotopic (exact) mass is 2210 g/mol. The largest absolute Gasteiger partial charge is 0.481 e. The first-order chi connectivity index (χ1) is 67.6. The van der Waals surface area contributed by atoms with E-state index in [4.69, 9.17) is 62.1 Å². The number of phosphoric ester groups is 1. The molecule has 4 aliphatic rings. The van der Waals surface area contributed by atoms with Crippen LogP contribution < -0.4 is 31.3 Å². The van der Waals surface area contributed by atoms with Crippen LogP contribution in [0.15, 0.2) is 30.3 Å². The van der Waals surface area contributed by atoms with E-state index < -0.39 is 239 Å². The summed E-state index contributed by atoms with van der Waals surface area (Å²) in [5.41, 5.74) is -3.08. The van der Waals surface area contributed by atoms with Crippen molar-refractivity contribution < 1.29 is 207 Å². The number of aliphatic hydroxyl groups excluding tert-OH is 3. The smallest absolute Gasteiger partial charge is 0.473 e. The fraction of sp³-hybridized carbons (Fsp3) is 0.693. The number of carbonyl (C=O) groups is 15. The van der Waals surface area contributed by atoms with E-state index in [1.165, 1.54) is 105 Å². The van der Waals surface area contributed by atoms with E-state index in [0.717, 1.165) is 57.0 Å². The molecule has 0 radical (unpaired) electrons. The number of hydrogen-bond acceptors (Lipinski definition) is 37. The molecule has 2 aromatic carbocycles. The summed E-state index contributed by atoms with van der Waals surface area (Å²) in [5.74, 6) is -18.0. The molecule has 4 saturated heterocycles. The zero-order valence-electron chi connectivity index (χ0n) is 81.8. The Balaban J connectivity index is 0.000000634. The van der Waals surface area contributed by atoms with Crippen molar-refractivity contribution in [3.8, 4) is 5.75 Å². The third-order valence-corrected chi connectivity index (χ3v) is 28.3. The van der Waals surface area contributed by atoms with Crippen LogP contribution in [0.3, 0.4) is 0 Å². The van der Waals surface area contributed by atoms with Crippen molar-refractivity contribution in [2.75, 3.05) is 63.3 Å². The summed E-state index contributed by atoms with van der Waals surface area (Å²) in [6.07, 6.45) is -4.47. The van der Waals surface area contributed by atoms with Crippen molar-refractivity contribution in [3.63, 3.8) is 0 Å². The molecular formula is C88H131F9N5O35P3S4. The molecule has 23 unspecified atom stereocenters. The number of rotatable bonds is 51. The highest BCUT2D eigenvalue weighted by Gasteiger charge is 2.51. The number of carbonyl (C=O) groups excluding carboxylic acids is 14. The van der Waals surface area contributed by atoms with Gasteiger partial charge in [0.05, 0.1) is 39.4 Å². The number of unbranched alkanes of at least 4 members (excludes halogenated alkanes) is 8. The molecule has 40 nitrogen and oxygen atoms in total. The summed E-state index contributed by atoms with van der Waals surface area (Å²) in [6.45, 7) is 17.7. The van der Waals surface area contributed by atoms with Gasteiger partial charge in [0.25, 0.3) is 5.52 Å². The molecule has 0 bridgehead atoms. The third kappa shape index (κ3) is 52.3. The number of nitrogens with one attached hydrogen (secondary N) is 5. The highest BCUT2D eigenvalue weighted by molar-refractivity contribution is 8.17. The number of amides is 5. The van der Waals surface area contributed by atoms with Crippen LogP contribution in [-0.4, -0.2) is 284 Å². The zero-order valence-corrected chi connectivity index (χ0v) is 87.9. The lowest BCUT2D eigenvalue weighted by atomic mass is 9.89. The van der Waals surface area contributed by atoms with Gasteiger partial charge in [-0.2, -0.15) is 22.0 Å². The maximum absolute atomic E-state index is 13.7. The van der Waals surface area contributed by atoms with Crippen molar-refractivity contribution in [1.29, 1.82) is 0 Å². The molecule has 5 amide bonds. The van der Waals surface area contributed by atoms with Crippen molar-refractivity contribution >= 4 is 161 Å². The molecule has 23 atom stereocenters. The number of ether oxygens (including phenoxy) is 12. The number of benzene rings is 2. The van der Waals surface area contributed by atoms with Gasteiger partial charge in [-0.1, -0.05) is 76.8 Å². The summed E-state index contributed by atoms with van der Waals surface area (Å²) in [7, 11) is -5.79. The van der Waals surface area contributed by atoms with Crippen molar-refractivity contribution in [3.05, 3.63) is 65.0 Å². The van der Waals surface area contributed by atoms with Gasteiger partial charge in [-0.15, -0.1) is 47.0 Å². The first kappa shape index (κ1) is 132. The number of esters is 8. The quantitative estimate of drug-likeness (QED) is 0.00338. The fourth-order valence-corrected chi connectivity index (χ4v) is 20.5. The maximum Gasteiger partial charge on any atom is 0.473 e. The topological polar surface area (TPSA) is 564 Å². The van der Waals surface area contributed by atoms with E-state index in [1.807, 2.05) is 44.2 Å². The van der Waals surface area contributed by atoms with E-state index in [9.17, 15) is 131 Å². The van der Waals surface area contributed by atoms with Crippen LogP contribution in [0.5, 0.6) is 5.75 Å². The SMILES string of the molecule is CC(=O)NC1C(SCCCCCC(=O)O)OC(COC(C)=O)C(OC(C)=O)C1C.CC(=O)NC1C(SCCCCCC(=O)OCc2ccccc2)OC(COC(C)=O)C(OC(C)=O)C1C.CC(=O)NC1C(SCCCCCC(=O)Oc2c(F)c(F)c(F)c(F)c2F)OC(COC(C)=O)C(OC(C)=O)C1C.COP(=O)(O)OCNC(=O)CCCCCSC1OC(CO)C(O)C(O)C1NC(C)=O.O=C(PPF)C(F)(F)F. The van der Waals surface area contributed by atoms with Crippen LogP contribution in [0, 0.1) is 46.8 Å². The number of carboxylic acid groups (broad SMARTS) is 1. The Morgan fingerprint density at radius 3 is 1.12 bits per heavy atom. The Morgan fingerprint density at radius 1 is 0.451 bits per heavy atom. The highest BCUT2D eigenvalue weighted by Crippen LogP contribution is 2.45. The van der Waals surface area contributed by atoms with Gasteiger partial charge in [-0.25, -0.2) is 21.9 Å². The second-order valence-electron chi connectivity index (χ2n) is 32.7. The first-order valence-electron chi connectivity index (χ1n) is 45.3. The lowest BCUT2D eigenvalue weighted by molar-refractivity contribution is -0.188. The van der Waals surface area contributed by atoms with Crippen molar-refractivity contribution in [2.24, 2.45) is 17.8 Å². The van der Waals surface area contributed by atoms with Gasteiger partial charge in [-0.3, -0.25) is 81.0 Å². The number of thioether (sulfide) groups is 4. The summed E-state index contributed by atoms with van der Waals surface area (Å²) >= 11 is 5.71. The summed E-state index contributed by atoms with van der Waals surface area (Å²) in [5, 5.41) is 51.7. The van der Waals surface area contributed by atoms with E-state index >= 15 is 0 Å². The summed E-state index contributed by atoms with van der Waals surface area (Å²) in [4.78, 5) is 180. The molecule has 4 fully saturated rings. The van der Waals surface area contributed by atoms with Gasteiger partial charge in [0.15, 0.2) is 0 Å². The average Bonchev–Trinajstić information content (AvgIpc) is 0.879. The van der Waals surface area contributed by atoms with E-state index in [1.54, 1.807) is 18.7 Å². The Hall–Kier alpha value is -7.85. The van der Waals surface area contributed by atoms with Crippen molar-refractivity contribution in [2.45, 2.75) is 306 Å². The Kier molecular flexibility index (Phi) is 64.4. The molecule has 56 heteroatoms. The lowest BCUT2D eigenvalue weighted by Gasteiger charge is -2.44. The third-order valence-electron chi connectivity index (χ3n) is 20.8. The number of phosphoric acid groups is 1. The molecule has 4 aliphatic heterocycles. The van der Waals surface area contributed by atoms with E-state index in [0.29, 0.717) is 55.8 Å². The second-order valence-corrected chi connectivity index (χ2v) is 41.3. The molecule has 4 heterocycles. The minimum Gasteiger partial charge on any atom is -0.481 e. The Morgan fingerprint density at radius 2 is 0.792 bits per heavy atom. The Labute approximate surface area is 847 Å². The highest BCUT2D eigenvalue weighted by atomic mass is 32.2. The van der Waals surface area contributed by atoms with E-state index in [2.05, 4.69) is 40.4 Å². The minimum absolute atomic E-state index is 0.0490. The molecule has 820 valence electrons. The number of hydrogen-bond donors (Lipinski definition) is 10. The first-order valence-corrected chi connectivity index (χ1v) is 53.9. The molecular weight excluding hydrogens is 2080 g/mol. The van der Waals surface area contributed by atoms with Crippen LogP contribution in [0.2, 0.25) is 0 Å². The predicted molar refractivity (Wildman–Crippen MR) is 507 cm³/mol. The molecule has 144 heavy (non-hydrogen) atoms. The van der Waals surface area contributed by atoms with Gasteiger partial charge >= 0.3 is 67.7 Å². The molecule has 0 aliphatic carbocycles. The number of carboxylic acids is 1. The fourth-order valence-electron chi connectivity index (χ4n) is 14.0. The van der Waals surface area contributed by atoms with Crippen LogP contribution in [-0.2, 0) is 144 Å².